The molecule has 0 aromatic heterocycles. The fourth-order valence-electron chi connectivity index (χ4n) is 2.04. The van der Waals surface area contributed by atoms with E-state index < -0.39 is 0 Å². The molecule has 2 atom stereocenters. The second-order valence-corrected chi connectivity index (χ2v) is 4.92. The highest BCUT2D eigenvalue weighted by atomic mass is 15.1. The van der Waals surface area contributed by atoms with Crippen molar-refractivity contribution < 1.29 is 0 Å². The summed E-state index contributed by atoms with van der Waals surface area (Å²) >= 11 is 0. The first-order valence-corrected chi connectivity index (χ1v) is 6.04. The molecule has 1 aromatic carbocycles. The molecule has 2 nitrogen and oxygen atoms in total. The molecule has 0 amide bonds. The molecule has 0 saturated carbocycles. The van der Waals surface area contributed by atoms with E-state index in [4.69, 9.17) is 5.73 Å². The minimum atomic E-state index is 0.598. The van der Waals surface area contributed by atoms with Gasteiger partial charge in [0.1, 0.15) is 0 Å². The zero-order valence-electron chi connectivity index (χ0n) is 10.9. The van der Waals surface area contributed by atoms with Crippen molar-refractivity contribution in [2.45, 2.75) is 26.2 Å². The van der Waals surface area contributed by atoms with Crippen molar-refractivity contribution in [1.82, 2.24) is 4.90 Å². The van der Waals surface area contributed by atoms with Gasteiger partial charge in [-0.1, -0.05) is 32.4 Å². The van der Waals surface area contributed by atoms with Gasteiger partial charge in [-0.25, -0.2) is 0 Å². The summed E-state index contributed by atoms with van der Waals surface area (Å²) in [5, 5.41) is 0. The van der Waals surface area contributed by atoms with E-state index in [1.54, 1.807) is 0 Å². The van der Waals surface area contributed by atoms with Gasteiger partial charge in [0.25, 0.3) is 0 Å². The zero-order valence-corrected chi connectivity index (χ0v) is 10.9. The molecular weight excluding hydrogens is 196 g/mol. The Bertz CT molecular complexity index is 303. The van der Waals surface area contributed by atoms with Gasteiger partial charge in [-0.2, -0.15) is 0 Å². The van der Waals surface area contributed by atoms with Crippen LogP contribution < -0.4 is 5.73 Å². The molecular formula is C14H24N2. The lowest BCUT2D eigenvalue weighted by Crippen LogP contribution is -2.24. The molecule has 0 radical (unpaired) electrons. The summed E-state index contributed by atoms with van der Waals surface area (Å²) in [5.74, 6) is 1.30. The Morgan fingerprint density at radius 3 is 2.19 bits per heavy atom. The van der Waals surface area contributed by atoms with Gasteiger partial charge in [-0.15, -0.1) is 0 Å². The first-order chi connectivity index (χ1) is 7.54. The molecule has 2 unspecified atom stereocenters. The molecule has 0 aliphatic heterocycles. The van der Waals surface area contributed by atoms with Gasteiger partial charge in [-0.3, -0.25) is 0 Å². The van der Waals surface area contributed by atoms with Crippen LogP contribution in [0.2, 0.25) is 0 Å². The summed E-state index contributed by atoms with van der Waals surface area (Å²) < 4.78 is 0. The largest absolute Gasteiger partial charge is 0.399 e. The Kier molecular flexibility index (Phi) is 4.81. The molecule has 2 N–H and O–H groups in total. The number of nitrogen functional groups attached to an aromatic ring is 1. The van der Waals surface area contributed by atoms with Crippen LogP contribution in [0.3, 0.4) is 0 Å². The molecule has 0 bridgehead atoms. The average Bonchev–Trinajstić information content (AvgIpc) is 2.26. The second kappa shape index (κ2) is 5.90. The van der Waals surface area contributed by atoms with Gasteiger partial charge in [0.15, 0.2) is 0 Å². The number of hydrogen-bond donors (Lipinski definition) is 1. The SMILES string of the molecule is CCC(C)C(CN(C)C)c1ccc(N)cc1. The van der Waals surface area contributed by atoms with Crippen molar-refractivity contribution in [3.8, 4) is 0 Å². The van der Waals surface area contributed by atoms with Crippen LogP contribution in [-0.2, 0) is 0 Å². The predicted octanol–water partition coefficient (Wildman–Crippen LogP) is 2.96. The van der Waals surface area contributed by atoms with Crippen LogP contribution >= 0.6 is 0 Å². The predicted molar refractivity (Wildman–Crippen MR) is 71.6 cm³/mol. The normalized spacial score (nSPS) is 15.1. The van der Waals surface area contributed by atoms with E-state index in [2.05, 4.69) is 45.0 Å². The lowest BCUT2D eigenvalue weighted by molar-refractivity contribution is 0.315. The van der Waals surface area contributed by atoms with Gasteiger partial charge in [-0.05, 0) is 43.6 Å². The maximum absolute atomic E-state index is 5.73. The van der Waals surface area contributed by atoms with Crippen LogP contribution in [-0.4, -0.2) is 25.5 Å². The maximum Gasteiger partial charge on any atom is 0.0314 e. The number of benzene rings is 1. The van der Waals surface area contributed by atoms with E-state index in [9.17, 15) is 0 Å². The highest BCUT2D eigenvalue weighted by Gasteiger charge is 2.18. The third kappa shape index (κ3) is 3.53. The van der Waals surface area contributed by atoms with Gasteiger partial charge in [0.05, 0.1) is 0 Å². The Morgan fingerprint density at radius 2 is 1.75 bits per heavy atom. The summed E-state index contributed by atoms with van der Waals surface area (Å²) in [5.41, 5.74) is 7.97. The molecule has 0 aliphatic rings. The van der Waals surface area contributed by atoms with E-state index in [1.807, 2.05) is 12.1 Å². The topological polar surface area (TPSA) is 29.3 Å². The van der Waals surface area contributed by atoms with E-state index in [1.165, 1.54) is 12.0 Å². The first-order valence-electron chi connectivity index (χ1n) is 6.04. The van der Waals surface area contributed by atoms with Crippen LogP contribution in [0.15, 0.2) is 24.3 Å². The zero-order chi connectivity index (χ0) is 12.1. The monoisotopic (exact) mass is 220 g/mol. The second-order valence-electron chi connectivity index (χ2n) is 4.92. The van der Waals surface area contributed by atoms with Gasteiger partial charge < -0.3 is 10.6 Å². The number of nitrogens with two attached hydrogens (primary N) is 1. The summed E-state index contributed by atoms with van der Waals surface area (Å²) in [6.45, 7) is 5.67. The lowest BCUT2D eigenvalue weighted by Gasteiger charge is -2.26. The summed E-state index contributed by atoms with van der Waals surface area (Å²) in [6.07, 6.45) is 1.21. The van der Waals surface area contributed by atoms with Crippen LogP contribution in [0, 0.1) is 5.92 Å². The van der Waals surface area contributed by atoms with Crippen molar-refractivity contribution in [1.29, 1.82) is 0 Å². The van der Waals surface area contributed by atoms with Crippen molar-refractivity contribution in [2.24, 2.45) is 5.92 Å². The van der Waals surface area contributed by atoms with Gasteiger partial charge in [0.2, 0.25) is 0 Å². The molecule has 2 heteroatoms. The van der Waals surface area contributed by atoms with E-state index >= 15 is 0 Å². The molecule has 0 saturated heterocycles. The molecule has 1 rings (SSSR count). The smallest absolute Gasteiger partial charge is 0.0314 e. The van der Waals surface area contributed by atoms with Crippen molar-refractivity contribution >= 4 is 5.69 Å². The molecule has 0 heterocycles. The number of hydrogen-bond acceptors (Lipinski definition) is 2. The minimum absolute atomic E-state index is 0.598. The van der Waals surface area contributed by atoms with Crippen LogP contribution in [0.5, 0.6) is 0 Å². The molecule has 90 valence electrons. The number of nitrogens with zero attached hydrogens (tertiary/aromatic N) is 1. The van der Waals surface area contributed by atoms with Gasteiger partial charge in [0, 0.05) is 12.2 Å². The van der Waals surface area contributed by atoms with Crippen molar-refractivity contribution in [2.75, 3.05) is 26.4 Å². The number of rotatable bonds is 5. The molecule has 0 fully saturated rings. The van der Waals surface area contributed by atoms with E-state index in [0.29, 0.717) is 11.8 Å². The Morgan fingerprint density at radius 1 is 1.19 bits per heavy atom. The highest BCUT2D eigenvalue weighted by molar-refractivity contribution is 5.40. The molecule has 16 heavy (non-hydrogen) atoms. The Balaban J connectivity index is 2.87. The van der Waals surface area contributed by atoms with Crippen LogP contribution in [0.4, 0.5) is 5.69 Å². The summed E-state index contributed by atoms with van der Waals surface area (Å²) in [7, 11) is 4.26. The van der Waals surface area contributed by atoms with Crippen LogP contribution in [0.1, 0.15) is 31.7 Å². The summed E-state index contributed by atoms with van der Waals surface area (Å²) in [6, 6.07) is 8.33. The Hall–Kier alpha value is -1.02. The molecule has 0 spiro atoms. The van der Waals surface area contributed by atoms with Crippen molar-refractivity contribution in [3.63, 3.8) is 0 Å². The standard InChI is InChI=1S/C14H24N2/c1-5-11(2)14(10-16(3)4)12-6-8-13(15)9-7-12/h6-9,11,14H,5,10,15H2,1-4H3. The third-order valence-corrected chi connectivity index (χ3v) is 3.26. The lowest BCUT2D eigenvalue weighted by atomic mass is 9.85. The Labute approximate surface area is 99.5 Å². The fourth-order valence-corrected chi connectivity index (χ4v) is 2.04. The molecule has 0 aliphatic carbocycles. The maximum atomic E-state index is 5.73. The van der Waals surface area contributed by atoms with Crippen molar-refractivity contribution in [3.05, 3.63) is 29.8 Å². The quantitative estimate of drug-likeness (QED) is 0.773. The number of likely N-dealkylation sites (N-methyl/N-ethyl adjacent to an activating group) is 1. The van der Waals surface area contributed by atoms with Gasteiger partial charge >= 0.3 is 0 Å². The molecule has 1 aromatic rings. The minimum Gasteiger partial charge on any atom is -0.399 e. The van der Waals surface area contributed by atoms with E-state index in [-0.39, 0.29) is 0 Å². The first kappa shape index (κ1) is 13.0. The van der Waals surface area contributed by atoms with E-state index in [0.717, 1.165) is 12.2 Å². The average molecular weight is 220 g/mol. The fraction of sp³-hybridized carbons (Fsp3) is 0.571. The number of anilines is 1. The highest BCUT2D eigenvalue weighted by Crippen LogP contribution is 2.28. The van der Waals surface area contributed by atoms with Crippen LogP contribution in [0.25, 0.3) is 0 Å². The summed E-state index contributed by atoms with van der Waals surface area (Å²) in [4.78, 5) is 2.26. The third-order valence-electron chi connectivity index (χ3n) is 3.26.